The summed E-state index contributed by atoms with van der Waals surface area (Å²) in [7, 11) is 0. The maximum atomic E-state index is 12.9. The number of hydrogen-bond donors (Lipinski definition) is 1. The molecule has 21 heavy (non-hydrogen) atoms. The molecule has 120 valence electrons. The van der Waals surface area contributed by atoms with E-state index in [1.165, 1.54) is 57.1 Å². The molecule has 0 saturated carbocycles. The Morgan fingerprint density at radius 2 is 1.67 bits per heavy atom. The smallest absolute Gasteiger partial charge is 0.123 e. The first-order valence-electron chi connectivity index (χ1n) is 8.38. The van der Waals surface area contributed by atoms with Crippen LogP contribution in [-0.2, 0) is 0 Å². The Morgan fingerprint density at radius 1 is 1.00 bits per heavy atom. The highest BCUT2D eigenvalue weighted by Gasteiger charge is 2.08. The summed E-state index contributed by atoms with van der Waals surface area (Å²) >= 11 is 1.82. The van der Waals surface area contributed by atoms with E-state index in [1.54, 1.807) is 0 Å². The van der Waals surface area contributed by atoms with Crippen LogP contribution in [0.5, 0.6) is 0 Å². The molecule has 0 fully saturated rings. The second-order valence-corrected chi connectivity index (χ2v) is 6.67. The van der Waals surface area contributed by atoms with Gasteiger partial charge in [0.15, 0.2) is 0 Å². The highest BCUT2D eigenvalue weighted by molar-refractivity contribution is 7.99. The predicted octanol–water partition coefficient (Wildman–Crippen LogP) is 5.65. The molecule has 0 saturated heterocycles. The van der Waals surface area contributed by atoms with Crippen LogP contribution < -0.4 is 5.32 Å². The number of thioether (sulfide) groups is 1. The second-order valence-electron chi connectivity index (χ2n) is 5.58. The van der Waals surface area contributed by atoms with Crippen LogP contribution in [0.15, 0.2) is 29.2 Å². The van der Waals surface area contributed by atoms with Gasteiger partial charge >= 0.3 is 0 Å². The predicted molar refractivity (Wildman–Crippen MR) is 92.6 cm³/mol. The van der Waals surface area contributed by atoms with Crippen molar-refractivity contribution in [2.24, 2.45) is 0 Å². The van der Waals surface area contributed by atoms with Crippen molar-refractivity contribution in [3.63, 3.8) is 0 Å². The lowest BCUT2D eigenvalue weighted by atomic mass is 10.1. The molecular weight excluding hydrogens is 281 g/mol. The molecular formula is C18H30FNS. The van der Waals surface area contributed by atoms with E-state index in [-0.39, 0.29) is 5.82 Å². The quantitative estimate of drug-likeness (QED) is 0.395. The van der Waals surface area contributed by atoms with Gasteiger partial charge in [0.2, 0.25) is 0 Å². The SMILES string of the molecule is CCCCCCCCC(CSc1ccc(F)cc1)NCC. The first kappa shape index (κ1) is 18.5. The minimum Gasteiger partial charge on any atom is -0.313 e. The van der Waals surface area contributed by atoms with E-state index in [0.717, 1.165) is 17.2 Å². The van der Waals surface area contributed by atoms with Gasteiger partial charge in [-0.2, -0.15) is 0 Å². The third-order valence-electron chi connectivity index (χ3n) is 3.66. The van der Waals surface area contributed by atoms with E-state index in [1.807, 2.05) is 23.9 Å². The Bertz CT molecular complexity index is 353. The molecule has 1 nitrogen and oxygen atoms in total. The van der Waals surface area contributed by atoms with E-state index < -0.39 is 0 Å². The summed E-state index contributed by atoms with van der Waals surface area (Å²) in [6, 6.07) is 7.38. The molecule has 1 rings (SSSR count). The molecule has 0 radical (unpaired) electrons. The highest BCUT2D eigenvalue weighted by atomic mass is 32.2. The second kappa shape index (κ2) is 12.0. The average Bonchev–Trinajstić information content (AvgIpc) is 2.49. The third kappa shape index (κ3) is 9.15. The summed E-state index contributed by atoms with van der Waals surface area (Å²) in [6.07, 6.45) is 9.35. The van der Waals surface area contributed by atoms with Crippen molar-refractivity contribution < 1.29 is 4.39 Å². The van der Waals surface area contributed by atoms with Gasteiger partial charge in [-0.15, -0.1) is 11.8 Å². The minimum absolute atomic E-state index is 0.158. The zero-order valence-corrected chi connectivity index (χ0v) is 14.4. The zero-order valence-electron chi connectivity index (χ0n) is 13.5. The highest BCUT2D eigenvalue weighted by Crippen LogP contribution is 2.20. The Morgan fingerprint density at radius 3 is 2.33 bits per heavy atom. The Balaban J connectivity index is 2.21. The van der Waals surface area contributed by atoms with Crippen LogP contribution in [0, 0.1) is 5.82 Å². The van der Waals surface area contributed by atoms with Crippen molar-refractivity contribution in [3.05, 3.63) is 30.1 Å². The molecule has 0 amide bonds. The minimum atomic E-state index is -0.158. The topological polar surface area (TPSA) is 12.0 Å². The fourth-order valence-electron chi connectivity index (χ4n) is 2.43. The lowest BCUT2D eigenvalue weighted by Crippen LogP contribution is -2.31. The molecule has 0 aliphatic heterocycles. The van der Waals surface area contributed by atoms with Crippen molar-refractivity contribution >= 4 is 11.8 Å². The molecule has 0 bridgehead atoms. The normalized spacial score (nSPS) is 12.5. The first-order valence-corrected chi connectivity index (χ1v) is 9.36. The van der Waals surface area contributed by atoms with Gasteiger partial charge < -0.3 is 5.32 Å². The molecule has 1 unspecified atom stereocenters. The Hall–Kier alpha value is -0.540. The first-order chi connectivity index (χ1) is 10.3. The molecule has 0 aliphatic rings. The monoisotopic (exact) mass is 311 g/mol. The maximum Gasteiger partial charge on any atom is 0.123 e. The van der Waals surface area contributed by atoms with E-state index in [2.05, 4.69) is 19.2 Å². The van der Waals surface area contributed by atoms with Gasteiger partial charge in [-0.1, -0.05) is 52.4 Å². The van der Waals surface area contributed by atoms with Crippen LogP contribution in [0.1, 0.15) is 58.8 Å². The van der Waals surface area contributed by atoms with Crippen molar-refractivity contribution in [1.29, 1.82) is 0 Å². The van der Waals surface area contributed by atoms with Gasteiger partial charge in [0.05, 0.1) is 0 Å². The molecule has 1 aromatic rings. The fraction of sp³-hybridized carbons (Fsp3) is 0.667. The van der Waals surface area contributed by atoms with Crippen LogP contribution in [0.3, 0.4) is 0 Å². The summed E-state index contributed by atoms with van der Waals surface area (Å²) in [5.74, 6) is 0.906. The summed E-state index contributed by atoms with van der Waals surface area (Å²) in [4.78, 5) is 1.15. The van der Waals surface area contributed by atoms with Gasteiger partial charge in [0, 0.05) is 16.7 Å². The van der Waals surface area contributed by atoms with Crippen molar-refractivity contribution in [2.45, 2.75) is 69.7 Å². The van der Waals surface area contributed by atoms with Crippen LogP contribution in [0.25, 0.3) is 0 Å². The van der Waals surface area contributed by atoms with Crippen LogP contribution >= 0.6 is 11.8 Å². The average molecular weight is 312 g/mol. The molecule has 0 spiro atoms. The number of unbranched alkanes of at least 4 members (excludes halogenated alkanes) is 5. The van der Waals surface area contributed by atoms with Crippen LogP contribution in [0.2, 0.25) is 0 Å². The third-order valence-corrected chi connectivity index (χ3v) is 4.84. The number of halogens is 1. The molecule has 1 atom stereocenters. The molecule has 1 N–H and O–H groups in total. The molecule has 0 heterocycles. The van der Waals surface area contributed by atoms with Gasteiger partial charge in [0.25, 0.3) is 0 Å². The lowest BCUT2D eigenvalue weighted by Gasteiger charge is -2.17. The lowest BCUT2D eigenvalue weighted by molar-refractivity contribution is 0.494. The van der Waals surface area contributed by atoms with Gasteiger partial charge in [-0.3, -0.25) is 0 Å². The van der Waals surface area contributed by atoms with Crippen molar-refractivity contribution in [3.8, 4) is 0 Å². The Kier molecular flexibility index (Phi) is 10.6. The van der Waals surface area contributed by atoms with Gasteiger partial charge in [-0.25, -0.2) is 4.39 Å². The zero-order chi connectivity index (χ0) is 15.3. The fourth-order valence-corrected chi connectivity index (χ4v) is 3.44. The van der Waals surface area contributed by atoms with E-state index >= 15 is 0 Å². The summed E-state index contributed by atoms with van der Waals surface area (Å²) in [6.45, 7) is 5.44. The largest absolute Gasteiger partial charge is 0.313 e. The van der Waals surface area contributed by atoms with Gasteiger partial charge in [-0.05, 0) is 37.2 Å². The van der Waals surface area contributed by atoms with Crippen LogP contribution in [-0.4, -0.2) is 18.3 Å². The number of nitrogens with one attached hydrogen (secondary N) is 1. The van der Waals surface area contributed by atoms with E-state index in [0.29, 0.717) is 6.04 Å². The molecule has 1 aromatic carbocycles. The standard InChI is InChI=1S/C18H30FNS/c1-3-5-6-7-8-9-10-17(20-4-2)15-21-18-13-11-16(19)12-14-18/h11-14,17,20H,3-10,15H2,1-2H3. The summed E-state index contributed by atoms with van der Waals surface area (Å²) in [5.41, 5.74) is 0. The van der Waals surface area contributed by atoms with E-state index in [4.69, 9.17) is 0 Å². The number of hydrogen-bond acceptors (Lipinski definition) is 2. The van der Waals surface area contributed by atoms with Crippen LogP contribution in [0.4, 0.5) is 4.39 Å². The summed E-state index contributed by atoms with van der Waals surface area (Å²) < 4.78 is 12.9. The van der Waals surface area contributed by atoms with E-state index in [9.17, 15) is 4.39 Å². The number of rotatable bonds is 12. The van der Waals surface area contributed by atoms with Gasteiger partial charge in [0.1, 0.15) is 5.82 Å². The molecule has 0 aliphatic carbocycles. The van der Waals surface area contributed by atoms with Crippen molar-refractivity contribution in [2.75, 3.05) is 12.3 Å². The molecule has 3 heteroatoms. The Labute approximate surface area is 134 Å². The molecule has 0 aromatic heterocycles. The van der Waals surface area contributed by atoms with Crippen molar-refractivity contribution in [1.82, 2.24) is 5.32 Å². The number of benzene rings is 1. The maximum absolute atomic E-state index is 12.9. The summed E-state index contributed by atoms with van der Waals surface area (Å²) in [5, 5.41) is 3.57.